The molecule has 4 heterocycles. The van der Waals surface area contributed by atoms with Gasteiger partial charge in [-0.3, -0.25) is 19.4 Å². The number of rotatable bonds is 2. The van der Waals surface area contributed by atoms with E-state index in [0.29, 0.717) is 31.7 Å². The number of amides is 2. The van der Waals surface area contributed by atoms with Crippen LogP contribution in [0.2, 0.25) is 0 Å². The molecule has 2 aliphatic rings. The van der Waals surface area contributed by atoms with Crippen LogP contribution in [0.25, 0.3) is 11.0 Å². The minimum Gasteiger partial charge on any atom is -0.345 e. The average Bonchev–Trinajstić information content (AvgIpc) is 3.47. The van der Waals surface area contributed by atoms with E-state index < -0.39 is 17.2 Å². The van der Waals surface area contributed by atoms with Crippen molar-refractivity contribution in [2.24, 2.45) is 5.41 Å². The largest absolute Gasteiger partial charge is 0.345 e. The van der Waals surface area contributed by atoms with E-state index in [0.717, 1.165) is 23.9 Å². The SMILES string of the molecule is O=C(c1ccc2nc[nH]c2c1)N1CCC2(CCN(C(=O)c3n[nH]c(=O)[nH]c3=O)C2)C1. The van der Waals surface area contributed by atoms with Crippen molar-refractivity contribution < 1.29 is 9.59 Å². The first-order valence-corrected chi connectivity index (χ1v) is 9.65. The van der Waals surface area contributed by atoms with Crippen LogP contribution in [0.1, 0.15) is 33.7 Å². The van der Waals surface area contributed by atoms with E-state index in [1.54, 1.807) is 23.4 Å². The highest BCUT2D eigenvalue weighted by atomic mass is 16.2. The van der Waals surface area contributed by atoms with Crippen LogP contribution in [0.3, 0.4) is 0 Å². The number of likely N-dealkylation sites (tertiary alicyclic amines) is 2. The van der Waals surface area contributed by atoms with E-state index in [9.17, 15) is 19.2 Å². The molecule has 1 unspecified atom stereocenters. The van der Waals surface area contributed by atoms with Crippen LogP contribution in [0, 0.1) is 5.41 Å². The summed E-state index contributed by atoms with van der Waals surface area (Å²) in [4.78, 5) is 61.3. The molecule has 0 radical (unpaired) electrons. The summed E-state index contributed by atoms with van der Waals surface area (Å²) in [6, 6.07) is 5.39. The van der Waals surface area contributed by atoms with Crippen molar-refractivity contribution in [2.75, 3.05) is 26.2 Å². The highest BCUT2D eigenvalue weighted by Crippen LogP contribution is 2.40. The van der Waals surface area contributed by atoms with Crippen LogP contribution in [0.15, 0.2) is 34.1 Å². The van der Waals surface area contributed by atoms with Gasteiger partial charge in [0.1, 0.15) is 0 Å². The highest BCUT2D eigenvalue weighted by Gasteiger charge is 2.46. The lowest BCUT2D eigenvalue weighted by Crippen LogP contribution is -2.39. The molecule has 2 aromatic heterocycles. The molecule has 2 fully saturated rings. The monoisotopic (exact) mass is 409 g/mol. The lowest BCUT2D eigenvalue weighted by atomic mass is 9.86. The number of nitrogens with one attached hydrogen (secondary N) is 3. The summed E-state index contributed by atoms with van der Waals surface area (Å²) >= 11 is 0. The molecule has 11 nitrogen and oxygen atoms in total. The number of carbonyl (C=O) groups is 2. The lowest BCUT2D eigenvalue weighted by Gasteiger charge is -2.24. The van der Waals surface area contributed by atoms with Gasteiger partial charge in [0.05, 0.1) is 17.4 Å². The molecule has 1 aromatic carbocycles. The van der Waals surface area contributed by atoms with Gasteiger partial charge >= 0.3 is 5.69 Å². The van der Waals surface area contributed by atoms with Crippen molar-refractivity contribution in [3.8, 4) is 0 Å². The highest BCUT2D eigenvalue weighted by molar-refractivity contribution is 5.97. The number of H-pyrrole nitrogens is 3. The molecule has 3 aromatic rings. The van der Waals surface area contributed by atoms with E-state index in [4.69, 9.17) is 0 Å². The quantitative estimate of drug-likeness (QED) is 0.530. The molecule has 2 amide bonds. The molecule has 1 atom stereocenters. The third kappa shape index (κ3) is 2.98. The standard InChI is InChI=1S/C19H19N7O4/c27-15-14(23-24-18(30)22-15)17(29)26-6-4-19(9-26)3-5-25(8-19)16(28)11-1-2-12-13(7-11)21-10-20-12/h1-2,7,10H,3-6,8-9H2,(H,20,21)(H2,22,24,27,30). The Morgan fingerprint density at radius 1 is 1.03 bits per heavy atom. The lowest BCUT2D eigenvalue weighted by molar-refractivity contribution is 0.0750. The molecule has 154 valence electrons. The van der Waals surface area contributed by atoms with Crippen LogP contribution < -0.4 is 11.2 Å². The van der Waals surface area contributed by atoms with Crippen molar-refractivity contribution in [3.63, 3.8) is 0 Å². The van der Waals surface area contributed by atoms with Gasteiger partial charge in [-0.15, -0.1) is 0 Å². The third-order valence-electron chi connectivity index (χ3n) is 6.03. The Morgan fingerprint density at radius 2 is 1.77 bits per heavy atom. The molecule has 5 rings (SSSR count). The zero-order chi connectivity index (χ0) is 20.9. The molecule has 2 aliphatic heterocycles. The van der Waals surface area contributed by atoms with E-state index >= 15 is 0 Å². The summed E-state index contributed by atoms with van der Waals surface area (Å²) in [6.07, 6.45) is 3.11. The first-order chi connectivity index (χ1) is 14.4. The number of nitrogens with zero attached hydrogens (tertiary/aromatic N) is 4. The molecule has 2 saturated heterocycles. The van der Waals surface area contributed by atoms with Gasteiger partial charge in [0.25, 0.3) is 17.4 Å². The fourth-order valence-corrected chi connectivity index (χ4v) is 4.44. The first kappa shape index (κ1) is 18.3. The summed E-state index contributed by atoms with van der Waals surface area (Å²) in [5.74, 6) is -0.564. The molecule has 0 saturated carbocycles. The number of carbonyl (C=O) groups excluding carboxylic acids is 2. The predicted molar refractivity (Wildman–Crippen MR) is 105 cm³/mol. The van der Waals surface area contributed by atoms with Crippen molar-refractivity contribution in [2.45, 2.75) is 12.8 Å². The van der Waals surface area contributed by atoms with E-state index in [1.807, 2.05) is 16.0 Å². The zero-order valence-electron chi connectivity index (χ0n) is 16.0. The normalized spacial score (nSPS) is 21.1. The molecule has 11 heteroatoms. The maximum absolute atomic E-state index is 13.0. The average molecular weight is 409 g/mol. The van der Waals surface area contributed by atoms with Gasteiger partial charge in [-0.1, -0.05) is 0 Å². The van der Waals surface area contributed by atoms with Crippen molar-refractivity contribution in [1.82, 2.24) is 34.9 Å². The van der Waals surface area contributed by atoms with Gasteiger partial charge < -0.3 is 14.8 Å². The van der Waals surface area contributed by atoms with Gasteiger partial charge in [-0.05, 0) is 31.0 Å². The number of hydrogen-bond acceptors (Lipinski definition) is 6. The fourth-order valence-electron chi connectivity index (χ4n) is 4.44. The van der Waals surface area contributed by atoms with Crippen molar-refractivity contribution in [1.29, 1.82) is 0 Å². The number of aromatic amines is 3. The zero-order valence-corrected chi connectivity index (χ0v) is 16.0. The molecular formula is C19H19N7O4. The Hall–Kier alpha value is -3.76. The minimum absolute atomic E-state index is 0.0492. The van der Waals surface area contributed by atoms with Gasteiger partial charge in [0.15, 0.2) is 0 Å². The number of aromatic nitrogens is 5. The van der Waals surface area contributed by atoms with Crippen LogP contribution in [0.4, 0.5) is 0 Å². The fraction of sp³-hybridized carbons (Fsp3) is 0.368. The number of fused-ring (bicyclic) bond motifs is 1. The van der Waals surface area contributed by atoms with Crippen LogP contribution >= 0.6 is 0 Å². The van der Waals surface area contributed by atoms with E-state index in [-0.39, 0.29) is 17.0 Å². The topological polar surface area (TPSA) is 148 Å². The Bertz CT molecular complexity index is 1280. The van der Waals surface area contributed by atoms with Crippen LogP contribution in [-0.2, 0) is 0 Å². The van der Waals surface area contributed by atoms with E-state index in [2.05, 4.69) is 20.2 Å². The summed E-state index contributed by atoms with van der Waals surface area (Å²) in [5, 5.41) is 5.68. The minimum atomic E-state index is -0.804. The molecule has 0 bridgehead atoms. The summed E-state index contributed by atoms with van der Waals surface area (Å²) < 4.78 is 0. The Kier molecular flexibility index (Phi) is 4.05. The van der Waals surface area contributed by atoms with Crippen molar-refractivity contribution in [3.05, 3.63) is 56.6 Å². The third-order valence-corrected chi connectivity index (χ3v) is 6.03. The smallest absolute Gasteiger partial charge is 0.342 e. The van der Waals surface area contributed by atoms with Gasteiger partial charge in [0, 0.05) is 37.2 Å². The maximum atomic E-state index is 13.0. The summed E-state index contributed by atoms with van der Waals surface area (Å²) in [6.45, 7) is 2.07. The second kappa shape index (κ2) is 6.65. The second-order valence-corrected chi connectivity index (χ2v) is 7.94. The van der Waals surface area contributed by atoms with Crippen LogP contribution in [-0.4, -0.2) is 72.9 Å². The van der Waals surface area contributed by atoms with Gasteiger partial charge in [-0.25, -0.2) is 14.9 Å². The van der Waals surface area contributed by atoms with Gasteiger partial charge in [0.2, 0.25) is 5.69 Å². The van der Waals surface area contributed by atoms with Crippen molar-refractivity contribution >= 4 is 22.8 Å². The Labute approximate surface area is 169 Å². The molecule has 3 N–H and O–H groups in total. The maximum Gasteiger partial charge on any atom is 0.342 e. The number of imidazole rings is 1. The van der Waals surface area contributed by atoms with Crippen LogP contribution in [0.5, 0.6) is 0 Å². The van der Waals surface area contributed by atoms with E-state index in [1.165, 1.54) is 0 Å². The van der Waals surface area contributed by atoms with Gasteiger partial charge in [-0.2, -0.15) is 5.10 Å². The number of benzene rings is 1. The summed E-state index contributed by atoms with van der Waals surface area (Å²) in [5.41, 5.74) is 0.128. The molecule has 0 aliphatic carbocycles. The Balaban J connectivity index is 1.30. The second-order valence-electron chi connectivity index (χ2n) is 7.94. The first-order valence-electron chi connectivity index (χ1n) is 9.65. The Morgan fingerprint density at radius 3 is 2.50 bits per heavy atom. The summed E-state index contributed by atoms with van der Waals surface area (Å²) in [7, 11) is 0. The molecule has 1 spiro atoms. The predicted octanol–water partition coefficient (Wildman–Crippen LogP) is -0.287. The number of hydrogen-bond donors (Lipinski definition) is 3. The molecular weight excluding hydrogens is 390 g/mol. The molecule has 30 heavy (non-hydrogen) atoms.